The first-order chi connectivity index (χ1) is 8.71. The second kappa shape index (κ2) is 6.39. The van der Waals surface area contributed by atoms with Crippen LogP contribution in [0.3, 0.4) is 0 Å². The minimum atomic E-state index is -4.33. The summed E-state index contributed by atoms with van der Waals surface area (Å²) >= 11 is 0. The highest BCUT2D eigenvalue weighted by molar-refractivity contribution is 5.27. The monoisotopic (exact) mass is 275 g/mol. The van der Waals surface area contributed by atoms with Gasteiger partial charge < -0.3 is 10.4 Å². The van der Waals surface area contributed by atoms with E-state index in [9.17, 15) is 18.3 Å². The normalized spacial score (nSPS) is 15.6. The number of rotatable bonds is 5. The first kappa shape index (κ1) is 16.0. The van der Waals surface area contributed by atoms with Crippen molar-refractivity contribution in [1.82, 2.24) is 5.32 Å². The van der Waals surface area contributed by atoms with Crippen molar-refractivity contribution in [3.05, 3.63) is 35.4 Å². The first-order valence-corrected chi connectivity index (χ1v) is 6.30. The molecular formula is C14H20F3NO. The Labute approximate surface area is 111 Å². The lowest BCUT2D eigenvalue weighted by Crippen LogP contribution is -2.32. The molecule has 108 valence electrons. The van der Waals surface area contributed by atoms with Gasteiger partial charge in [-0.15, -0.1) is 0 Å². The maximum atomic E-state index is 12.6. The fourth-order valence-corrected chi connectivity index (χ4v) is 1.64. The number of nitrogens with one attached hydrogen (secondary N) is 1. The van der Waals surface area contributed by atoms with E-state index in [4.69, 9.17) is 0 Å². The fourth-order valence-electron chi connectivity index (χ4n) is 1.64. The van der Waals surface area contributed by atoms with Crippen LogP contribution in [-0.2, 0) is 6.18 Å². The number of aliphatic hydroxyl groups is 1. The number of hydrogen-bond donors (Lipinski definition) is 2. The van der Waals surface area contributed by atoms with Gasteiger partial charge in [-0.1, -0.05) is 26.0 Å². The van der Waals surface area contributed by atoms with Gasteiger partial charge in [-0.3, -0.25) is 0 Å². The van der Waals surface area contributed by atoms with Gasteiger partial charge in [-0.2, -0.15) is 13.2 Å². The largest absolute Gasteiger partial charge is 0.416 e. The van der Waals surface area contributed by atoms with Crippen molar-refractivity contribution < 1.29 is 18.3 Å². The standard InChI is InChI=1S/C14H20F3NO/c1-9(2)13(19)8-18-10(3)11-5-4-6-12(7-11)14(15,16)17/h4-7,9-10,13,18-19H,8H2,1-3H3. The Balaban J connectivity index is 2.70. The third-order valence-corrected chi connectivity index (χ3v) is 3.12. The maximum Gasteiger partial charge on any atom is 0.416 e. The molecule has 0 amide bonds. The Morgan fingerprint density at radius 2 is 1.84 bits per heavy atom. The van der Waals surface area contributed by atoms with Crippen LogP contribution in [0.25, 0.3) is 0 Å². The van der Waals surface area contributed by atoms with Gasteiger partial charge in [-0.25, -0.2) is 0 Å². The molecule has 1 aromatic carbocycles. The van der Waals surface area contributed by atoms with E-state index in [-0.39, 0.29) is 12.0 Å². The van der Waals surface area contributed by atoms with E-state index in [1.54, 1.807) is 13.0 Å². The van der Waals surface area contributed by atoms with Crippen molar-refractivity contribution in [2.24, 2.45) is 5.92 Å². The summed E-state index contributed by atoms with van der Waals surface area (Å²) in [6.45, 7) is 5.92. The summed E-state index contributed by atoms with van der Waals surface area (Å²) in [5.41, 5.74) is -0.0890. The summed E-state index contributed by atoms with van der Waals surface area (Å²) in [6, 6.07) is 5.00. The third-order valence-electron chi connectivity index (χ3n) is 3.12. The number of halogens is 3. The molecule has 0 radical (unpaired) electrons. The lowest BCUT2D eigenvalue weighted by Gasteiger charge is -2.20. The van der Waals surface area contributed by atoms with Crippen LogP contribution in [0.2, 0.25) is 0 Å². The molecule has 2 N–H and O–H groups in total. The first-order valence-electron chi connectivity index (χ1n) is 6.30. The van der Waals surface area contributed by atoms with Crippen LogP contribution < -0.4 is 5.32 Å². The summed E-state index contributed by atoms with van der Waals surface area (Å²) in [5, 5.41) is 12.7. The zero-order chi connectivity index (χ0) is 14.6. The summed E-state index contributed by atoms with van der Waals surface area (Å²) < 4.78 is 37.8. The maximum absolute atomic E-state index is 12.6. The molecule has 0 fully saturated rings. The molecule has 0 aliphatic heterocycles. The number of hydrogen-bond acceptors (Lipinski definition) is 2. The van der Waals surface area contributed by atoms with Gasteiger partial charge in [0.15, 0.2) is 0 Å². The molecule has 1 rings (SSSR count). The lowest BCUT2D eigenvalue weighted by molar-refractivity contribution is -0.137. The third kappa shape index (κ3) is 4.84. The molecule has 5 heteroatoms. The molecule has 0 aliphatic rings. The molecule has 0 heterocycles. The Morgan fingerprint density at radius 3 is 2.37 bits per heavy atom. The molecule has 19 heavy (non-hydrogen) atoms. The van der Waals surface area contributed by atoms with Crippen LogP contribution in [0.1, 0.15) is 37.9 Å². The van der Waals surface area contributed by atoms with E-state index >= 15 is 0 Å². The highest BCUT2D eigenvalue weighted by Crippen LogP contribution is 2.30. The van der Waals surface area contributed by atoms with Gasteiger partial charge in [0.05, 0.1) is 11.7 Å². The van der Waals surface area contributed by atoms with Crippen LogP contribution in [0.15, 0.2) is 24.3 Å². The average molecular weight is 275 g/mol. The number of alkyl halides is 3. The minimum Gasteiger partial charge on any atom is -0.392 e. The zero-order valence-corrected chi connectivity index (χ0v) is 11.3. The smallest absolute Gasteiger partial charge is 0.392 e. The van der Waals surface area contributed by atoms with Gasteiger partial charge in [0.2, 0.25) is 0 Å². The van der Waals surface area contributed by atoms with Crippen LogP contribution in [-0.4, -0.2) is 17.8 Å². The molecule has 0 bridgehead atoms. The lowest BCUT2D eigenvalue weighted by atomic mass is 10.0. The number of benzene rings is 1. The topological polar surface area (TPSA) is 32.3 Å². The molecule has 0 saturated heterocycles. The average Bonchev–Trinajstić information content (AvgIpc) is 2.34. The quantitative estimate of drug-likeness (QED) is 0.863. The van der Waals surface area contributed by atoms with Gasteiger partial charge in [0, 0.05) is 12.6 Å². The Kier molecular flexibility index (Phi) is 5.38. The van der Waals surface area contributed by atoms with Crippen molar-refractivity contribution in [2.75, 3.05) is 6.54 Å². The van der Waals surface area contributed by atoms with Crippen LogP contribution >= 0.6 is 0 Å². The Morgan fingerprint density at radius 1 is 1.21 bits per heavy atom. The SMILES string of the molecule is CC(NCC(O)C(C)C)c1cccc(C(F)(F)F)c1. The van der Waals surface area contributed by atoms with Gasteiger partial charge in [-0.05, 0) is 30.5 Å². The van der Waals surface area contributed by atoms with Crippen molar-refractivity contribution in [2.45, 2.75) is 39.1 Å². The summed E-state index contributed by atoms with van der Waals surface area (Å²) in [5.74, 6) is 0.112. The van der Waals surface area contributed by atoms with E-state index in [2.05, 4.69) is 5.32 Å². The Hall–Kier alpha value is -1.07. The predicted octanol–water partition coefficient (Wildman–Crippen LogP) is 3.37. The molecule has 0 aromatic heterocycles. The highest BCUT2D eigenvalue weighted by atomic mass is 19.4. The van der Waals surface area contributed by atoms with E-state index in [1.165, 1.54) is 6.07 Å². The van der Waals surface area contributed by atoms with Gasteiger partial charge in [0.1, 0.15) is 0 Å². The van der Waals surface area contributed by atoms with E-state index in [0.29, 0.717) is 12.1 Å². The van der Waals surface area contributed by atoms with Crippen molar-refractivity contribution in [3.63, 3.8) is 0 Å². The summed E-state index contributed by atoms with van der Waals surface area (Å²) in [7, 11) is 0. The van der Waals surface area contributed by atoms with Crippen LogP contribution in [0.4, 0.5) is 13.2 Å². The second-order valence-corrected chi connectivity index (χ2v) is 5.06. The zero-order valence-electron chi connectivity index (χ0n) is 11.3. The number of aliphatic hydroxyl groups excluding tert-OH is 1. The van der Waals surface area contributed by atoms with Gasteiger partial charge in [0.25, 0.3) is 0 Å². The van der Waals surface area contributed by atoms with E-state index < -0.39 is 17.8 Å². The van der Waals surface area contributed by atoms with Crippen molar-refractivity contribution >= 4 is 0 Å². The summed E-state index contributed by atoms with van der Waals surface area (Å²) in [4.78, 5) is 0. The predicted molar refractivity (Wildman–Crippen MR) is 68.7 cm³/mol. The van der Waals surface area contributed by atoms with Crippen LogP contribution in [0, 0.1) is 5.92 Å². The molecule has 0 aliphatic carbocycles. The van der Waals surface area contributed by atoms with E-state index in [0.717, 1.165) is 12.1 Å². The molecular weight excluding hydrogens is 255 g/mol. The fraction of sp³-hybridized carbons (Fsp3) is 0.571. The van der Waals surface area contributed by atoms with Gasteiger partial charge >= 0.3 is 6.18 Å². The Bertz CT molecular complexity index is 404. The van der Waals surface area contributed by atoms with Crippen molar-refractivity contribution in [3.8, 4) is 0 Å². The highest BCUT2D eigenvalue weighted by Gasteiger charge is 2.30. The molecule has 1 aromatic rings. The van der Waals surface area contributed by atoms with Crippen molar-refractivity contribution in [1.29, 1.82) is 0 Å². The van der Waals surface area contributed by atoms with E-state index in [1.807, 2.05) is 13.8 Å². The molecule has 0 saturated carbocycles. The molecule has 2 atom stereocenters. The minimum absolute atomic E-state index is 0.112. The summed E-state index contributed by atoms with van der Waals surface area (Å²) in [6.07, 6.45) is -4.83. The molecule has 2 unspecified atom stereocenters. The molecule has 0 spiro atoms. The molecule has 2 nitrogen and oxygen atoms in total. The second-order valence-electron chi connectivity index (χ2n) is 5.06. The van der Waals surface area contributed by atoms with Crippen LogP contribution in [0.5, 0.6) is 0 Å².